The second-order valence-electron chi connectivity index (χ2n) is 4.64. The average molecular weight is 320 g/mol. The minimum Gasteiger partial charge on any atom is -0.465 e. The van der Waals surface area contributed by atoms with E-state index in [0.717, 1.165) is 5.56 Å². The van der Waals surface area contributed by atoms with Gasteiger partial charge in [0.2, 0.25) is 0 Å². The number of aliphatic hydroxyl groups excluding tert-OH is 1. The molecule has 1 aromatic rings. The third-order valence-corrected chi connectivity index (χ3v) is 4.06. The molecule has 1 fully saturated rings. The van der Waals surface area contributed by atoms with Gasteiger partial charge in [-0.3, -0.25) is 0 Å². The summed E-state index contributed by atoms with van der Waals surface area (Å²) < 4.78 is 5.70. The first-order chi connectivity index (χ1) is 9.52. The normalized spacial score (nSPS) is 23.4. The van der Waals surface area contributed by atoms with Crippen molar-refractivity contribution in [2.75, 3.05) is 26.3 Å². The van der Waals surface area contributed by atoms with Crippen molar-refractivity contribution in [1.82, 2.24) is 4.90 Å². The van der Waals surface area contributed by atoms with Crippen molar-refractivity contribution >= 4 is 29.3 Å². The number of carbonyl (C=O) groups is 1. The van der Waals surface area contributed by atoms with Crippen LogP contribution in [0.25, 0.3) is 0 Å². The highest BCUT2D eigenvalue weighted by molar-refractivity contribution is 6.42. The number of ether oxygens (including phenoxy) is 1. The summed E-state index contributed by atoms with van der Waals surface area (Å²) in [6, 6.07) is 5.13. The van der Waals surface area contributed by atoms with Crippen LogP contribution in [-0.4, -0.2) is 47.5 Å². The van der Waals surface area contributed by atoms with E-state index in [1.54, 1.807) is 18.2 Å². The lowest BCUT2D eigenvalue weighted by Crippen LogP contribution is -2.36. The monoisotopic (exact) mass is 319 g/mol. The largest absolute Gasteiger partial charge is 0.465 e. The Balaban J connectivity index is 2.24. The maximum absolute atomic E-state index is 11.1. The van der Waals surface area contributed by atoms with E-state index in [0.29, 0.717) is 10.0 Å². The van der Waals surface area contributed by atoms with Gasteiger partial charge in [-0.25, -0.2) is 4.79 Å². The van der Waals surface area contributed by atoms with Gasteiger partial charge in [-0.2, -0.15) is 0 Å². The lowest BCUT2D eigenvalue weighted by molar-refractivity contribution is 0.0114. The molecule has 1 aliphatic heterocycles. The number of amides is 1. The molecular formula is C13H15Cl2NO4. The van der Waals surface area contributed by atoms with E-state index < -0.39 is 12.2 Å². The molecule has 0 spiro atoms. The summed E-state index contributed by atoms with van der Waals surface area (Å²) in [5, 5.41) is 19.4. The molecule has 0 aliphatic carbocycles. The van der Waals surface area contributed by atoms with Gasteiger partial charge in [0.15, 0.2) is 0 Å². The van der Waals surface area contributed by atoms with Crippen LogP contribution in [0, 0.1) is 5.92 Å². The highest BCUT2D eigenvalue weighted by Gasteiger charge is 2.30. The highest BCUT2D eigenvalue weighted by atomic mass is 35.5. The SMILES string of the molecule is O=C(O)N1CCOC(c2ccc(Cl)c(Cl)c2)C(CO)C1. The Kier molecular flexibility index (Phi) is 5.10. The molecule has 0 aromatic heterocycles. The molecule has 1 aliphatic rings. The van der Waals surface area contributed by atoms with Gasteiger partial charge in [0.05, 0.1) is 29.4 Å². The van der Waals surface area contributed by atoms with Crippen LogP contribution < -0.4 is 0 Å². The van der Waals surface area contributed by atoms with E-state index in [2.05, 4.69) is 0 Å². The van der Waals surface area contributed by atoms with E-state index in [9.17, 15) is 9.90 Å². The van der Waals surface area contributed by atoms with Gasteiger partial charge < -0.3 is 19.8 Å². The topological polar surface area (TPSA) is 70.0 Å². The summed E-state index contributed by atoms with van der Waals surface area (Å²) in [6.07, 6.45) is -1.42. The maximum Gasteiger partial charge on any atom is 0.407 e. The van der Waals surface area contributed by atoms with Gasteiger partial charge >= 0.3 is 6.09 Å². The Labute approximate surface area is 126 Å². The van der Waals surface area contributed by atoms with Crippen molar-refractivity contribution in [2.24, 2.45) is 5.92 Å². The second-order valence-corrected chi connectivity index (χ2v) is 5.45. The average Bonchev–Trinajstić information content (AvgIpc) is 2.64. The van der Waals surface area contributed by atoms with E-state index in [1.807, 2.05) is 0 Å². The molecule has 1 amide bonds. The fourth-order valence-corrected chi connectivity index (χ4v) is 2.59. The van der Waals surface area contributed by atoms with E-state index in [-0.39, 0.29) is 32.2 Å². The van der Waals surface area contributed by atoms with Crippen molar-refractivity contribution in [3.8, 4) is 0 Å². The molecule has 1 saturated heterocycles. The molecule has 0 saturated carbocycles. The molecule has 0 bridgehead atoms. The lowest BCUT2D eigenvalue weighted by Gasteiger charge is -2.25. The smallest absolute Gasteiger partial charge is 0.407 e. The number of nitrogens with zero attached hydrogens (tertiary/aromatic N) is 1. The van der Waals surface area contributed by atoms with Crippen molar-refractivity contribution < 1.29 is 19.7 Å². The number of carboxylic acid groups (broad SMARTS) is 1. The van der Waals surface area contributed by atoms with Crippen LogP contribution >= 0.6 is 23.2 Å². The van der Waals surface area contributed by atoms with Gasteiger partial charge in [-0.1, -0.05) is 29.3 Å². The molecule has 2 rings (SSSR count). The zero-order chi connectivity index (χ0) is 14.7. The third-order valence-electron chi connectivity index (χ3n) is 3.32. The molecule has 1 aromatic carbocycles. The molecule has 2 atom stereocenters. The Bertz CT molecular complexity index is 497. The number of benzene rings is 1. The molecule has 7 heteroatoms. The van der Waals surface area contributed by atoms with Gasteiger partial charge in [0.1, 0.15) is 0 Å². The zero-order valence-electron chi connectivity index (χ0n) is 10.6. The summed E-state index contributed by atoms with van der Waals surface area (Å²) in [4.78, 5) is 12.3. The number of aliphatic hydroxyl groups is 1. The minimum absolute atomic E-state index is 0.172. The Morgan fingerprint density at radius 1 is 1.40 bits per heavy atom. The van der Waals surface area contributed by atoms with Crippen LogP contribution in [0.15, 0.2) is 18.2 Å². The summed E-state index contributed by atoms with van der Waals surface area (Å²) >= 11 is 11.9. The number of hydrogen-bond donors (Lipinski definition) is 2. The first-order valence-electron chi connectivity index (χ1n) is 6.18. The van der Waals surface area contributed by atoms with Gasteiger partial charge in [-0.15, -0.1) is 0 Å². The predicted octanol–water partition coefficient (Wildman–Crippen LogP) is 2.65. The Morgan fingerprint density at radius 3 is 2.75 bits per heavy atom. The predicted molar refractivity (Wildman–Crippen MR) is 75.3 cm³/mol. The van der Waals surface area contributed by atoms with Crippen LogP contribution in [0.5, 0.6) is 0 Å². The summed E-state index contributed by atoms with van der Waals surface area (Å²) in [6.45, 7) is 0.600. The quantitative estimate of drug-likeness (QED) is 0.879. The van der Waals surface area contributed by atoms with Gasteiger partial charge in [0, 0.05) is 19.0 Å². The van der Waals surface area contributed by atoms with Gasteiger partial charge in [0.25, 0.3) is 0 Å². The highest BCUT2D eigenvalue weighted by Crippen LogP contribution is 2.33. The number of rotatable bonds is 2. The summed E-state index contributed by atoms with van der Waals surface area (Å²) in [5.41, 5.74) is 0.783. The zero-order valence-corrected chi connectivity index (χ0v) is 12.1. The van der Waals surface area contributed by atoms with Crippen LogP contribution in [0.4, 0.5) is 4.79 Å². The molecule has 2 unspecified atom stereocenters. The first kappa shape index (κ1) is 15.4. The first-order valence-corrected chi connectivity index (χ1v) is 6.93. The molecule has 1 heterocycles. The molecule has 110 valence electrons. The number of hydrogen-bond acceptors (Lipinski definition) is 3. The van der Waals surface area contributed by atoms with Crippen molar-refractivity contribution in [1.29, 1.82) is 0 Å². The molecule has 2 N–H and O–H groups in total. The number of halogens is 2. The Morgan fingerprint density at radius 2 is 2.15 bits per heavy atom. The summed E-state index contributed by atoms with van der Waals surface area (Å²) in [5.74, 6) is -0.342. The minimum atomic E-state index is -1.01. The maximum atomic E-state index is 11.1. The second kappa shape index (κ2) is 6.63. The third kappa shape index (κ3) is 3.35. The van der Waals surface area contributed by atoms with Crippen molar-refractivity contribution in [2.45, 2.75) is 6.10 Å². The van der Waals surface area contributed by atoms with Crippen LogP contribution in [0.2, 0.25) is 10.0 Å². The van der Waals surface area contributed by atoms with Crippen LogP contribution in [0.3, 0.4) is 0 Å². The van der Waals surface area contributed by atoms with Gasteiger partial charge in [-0.05, 0) is 17.7 Å². The van der Waals surface area contributed by atoms with Crippen LogP contribution in [0.1, 0.15) is 11.7 Å². The fourth-order valence-electron chi connectivity index (χ4n) is 2.28. The van der Waals surface area contributed by atoms with E-state index in [4.69, 9.17) is 33.0 Å². The molecule has 0 radical (unpaired) electrons. The molecule has 20 heavy (non-hydrogen) atoms. The standard InChI is InChI=1S/C13H15Cl2NO4/c14-10-2-1-8(5-11(10)15)12-9(7-17)6-16(13(18)19)3-4-20-12/h1-2,5,9,12,17H,3-4,6-7H2,(H,18,19). The lowest BCUT2D eigenvalue weighted by atomic mass is 9.96. The van der Waals surface area contributed by atoms with E-state index >= 15 is 0 Å². The molecule has 5 nitrogen and oxygen atoms in total. The fraction of sp³-hybridized carbons (Fsp3) is 0.462. The van der Waals surface area contributed by atoms with Crippen LogP contribution in [-0.2, 0) is 4.74 Å². The Hall–Kier alpha value is -1.01. The van der Waals surface area contributed by atoms with Crippen molar-refractivity contribution in [3.05, 3.63) is 33.8 Å². The molecular weight excluding hydrogens is 305 g/mol. The van der Waals surface area contributed by atoms with Crippen molar-refractivity contribution in [3.63, 3.8) is 0 Å². The summed E-state index contributed by atoms with van der Waals surface area (Å²) in [7, 11) is 0. The van der Waals surface area contributed by atoms with E-state index in [1.165, 1.54) is 4.90 Å².